The summed E-state index contributed by atoms with van der Waals surface area (Å²) in [5, 5.41) is 6.75. The minimum absolute atomic E-state index is 0.269. The molecule has 7 heteroatoms. The fourth-order valence-electron chi connectivity index (χ4n) is 4.08. The van der Waals surface area contributed by atoms with Crippen LogP contribution in [0.5, 0.6) is 11.5 Å². The van der Waals surface area contributed by atoms with Gasteiger partial charge < -0.3 is 24.7 Å². The van der Waals surface area contributed by atoms with Gasteiger partial charge in [0, 0.05) is 26.2 Å². The Labute approximate surface area is 183 Å². The molecule has 0 bridgehead atoms. The fourth-order valence-corrected chi connectivity index (χ4v) is 4.08. The lowest BCUT2D eigenvalue weighted by Gasteiger charge is -2.20. The summed E-state index contributed by atoms with van der Waals surface area (Å²) >= 11 is 0. The molecule has 1 aliphatic carbocycles. The molecule has 0 amide bonds. The lowest BCUT2D eigenvalue weighted by molar-refractivity contribution is 0.198. The summed E-state index contributed by atoms with van der Waals surface area (Å²) in [6.45, 7) is 1.16. The van der Waals surface area contributed by atoms with Gasteiger partial charge in [-0.15, -0.1) is 0 Å². The second kappa shape index (κ2) is 9.73. The molecule has 0 aliphatic heterocycles. The number of hydrogen-bond donors (Lipinski definition) is 2. The predicted octanol–water partition coefficient (Wildman–Crippen LogP) is 3.77. The van der Waals surface area contributed by atoms with E-state index in [1.807, 2.05) is 37.4 Å². The Morgan fingerprint density at radius 2 is 1.87 bits per heavy atom. The molecule has 3 aromatic rings. The van der Waals surface area contributed by atoms with Crippen molar-refractivity contribution in [1.29, 1.82) is 0 Å². The monoisotopic (exact) mass is 421 g/mol. The van der Waals surface area contributed by atoms with Crippen LogP contribution in [0, 0.1) is 0 Å². The minimum Gasteiger partial charge on any atom is -0.493 e. The first-order chi connectivity index (χ1) is 15.2. The number of ether oxygens (including phenoxy) is 2. The molecule has 2 aromatic carbocycles. The van der Waals surface area contributed by atoms with E-state index in [1.165, 1.54) is 12.8 Å². The Bertz CT molecular complexity index is 1050. The summed E-state index contributed by atoms with van der Waals surface area (Å²) in [6, 6.07) is 14.2. The van der Waals surface area contributed by atoms with Crippen LogP contribution in [0.25, 0.3) is 11.0 Å². The molecule has 0 unspecified atom stereocenters. The number of rotatable bonds is 7. The first kappa shape index (κ1) is 21.0. The average Bonchev–Trinajstić information content (AvgIpc) is 3.43. The Kier molecular flexibility index (Phi) is 6.60. The van der Waals surface area contributed by atoms with Crippen LogP contribution >= 0.6 is 0 Å². The zero-order valence-corrected chi connectivity index (χ0v) is 18.5. The fraction of sp³-hybridized carbons (Fsp3) is 0.417. The minimum atomic E-state index is 0.269. The van der Waals surface area contributed by atoms with E-state index in [-0.39, 0.29) is 6.10 Å². The number of benzene rings is 2. The van der Waals surface area contributed by atoms with Gasteiger partial charge in [-0.2, -0.15) is 0 Å². The number of methoxy groups -OCH3 is 1. The van der Waals surface area contributed by atoms with Gasteiger partial charge in [0.15, 0.2) is 17.5 Å². The van der Waals surface area contributed by atoms with Crippen LogP contribution in [0.4, 0.5) is 0 Å². The van der Waals surface area contributed by atoms with Crippen molar-refractivity contribution in [3.63, 3.8) is 0 Å². The van der Waals surface area contributed by atoms with E-state index in [2.05, 4.69) is 32.3 Å². The lowest BCUT2D eigenvalue weighted by atomic mass is 10.1. The number of nitrogens with zero attached hydrogens (tertiary/aromatic N) is 3. The molecule has 164 valence electrons. The summed E-state index contributed by atoms with van der Waals surface area (Å²) in [6.07, 6.45) is 4.93. The van der Waals surface area contributed by atoms with Gasteiger partial charge in [-0.25, -0.2) is 4.98 Å². The molecule has 7 nitrogen and oxygen atoms in total. The van der Waals surface area contributed by atoms with Crippen molar-refractivity contribution in [1.82, 2.24) is 20.2 Å². The van der Waals surface area contributed by atoms with E-state index >= 15 is 0 Å². The number of nitrogens with one attached hydrogen (secondary N) is 2. The SMILES string of the molecule is CN=C(NCc1cccc(OC)c1OC1CCCC1)NCc1nc2ccccc2n1C. The van der Waals surface area contributed by atoms with E-state index in [4.69, 9.17) is 14.5 Å². The number of fused-ring (bicyclic) bond motifs is 1. The van der Waals surface area contributed by atoms with Crippen molar-refractivity contribution >= 4 is 17.0 Å². The summed E-state index contributed by atoms with van der Waals surface area (Å²) in [5.74, 6) is 3.27. The first-order valence-corrected chi connectivity index (χ1v) is 10.9. The van der Waals surface area contributed by atoms with Gasteiger partial charge in [0.1, 0.15) is 5.82 Å². The highest BCUT2D eigenvalue weighted by Crippen LogP contribution is 2.34. The third kappa shape index (κ3) is 4.76. The van der Waals surface area contributed by atoms with Gasteiger partial charge in [-0.1, -0.05) is 24.3 Å². The number of imidazole rings is 1. The van der Waals surface area contributed by atoms with Crippen molar-refractivity contribution in [3.05, 3.63) is 53.9 Å². The third-order valence-electron chi connectivity index (χ3n) is 5.83. The van der Waals surface area contributed by atoms with Gasteiger partial charge >= 0.3 is 0 Å². The first-order valence-electron chi connectivity index (χ1n) is 10.9. The van der Waals surface area contributed by atoms with Crippen LogP contribution in [0.2, 0.25) is 0 Å². The van der Waals surface area contributed by atoms with E-state index in [1.54, 1.807) is 14.2 Å². The van der Waals surface area contributed by atoms with Gasteiger partial charge in [0.2, 0.25) is 0 Å². The molecular weight excluding hydrogens is 390 g/mol. The molecule has 1 aromatic heterocycles. The Balaban J connectivity index is 1.42. The summed E-state index contributed by atoms with van der Waals surface area (Å²) < 4.78 is 14.0. The van der Waals surface area contributed by atoms with Crippen molar-refractivity contribution in [2.24, 2.45) is 12.0 Å². The molecule has 4 rings (SSSR count). The Hall–Kier alpha value is -3.22. The average molecular weight is 422 g/mol. The number of aryl methyl sites for hydroxylation is 1. The number of aromatic nitrogens is 2. The smallest absolute Gasteiger partial charge is 0.191 e. The standard InChI is InChI=1S/C24H31N5O2/c1-25-24(27-16-22-28-19-12-6-7-13-20(19)29(22)2)26-15-17-9-8-14-21(30-3)23(17)31-18-10-4-5-11-18/h6-9,12-14,18H,4-5,10-11,15-16H2,1-3H3,(H2,25,26,27). The van der Waals surface area contributed by atoms with Gasteiger partial charge in [-0.05, 0) is 43.9 Å². The van der Waals surface area contributed by atoms with Crippen molar-refractivity contribution < 1.29 is 9.47 Å². The van der Waals surface area contributed by atoms with Crippen LogP contribution in [-0.2, 0) is 20.1 Å². The van der Waals surface area contributed by atoms with E-state index in [0.717, 1.165) is 46.8 Å². The van der Waals surface area contributed by atoms with Crippen LogP contribution in [-0.4, -0.2) is 35.8 Å². The molecule has 1 saturated carbocycles. The normalized spacial score (nSPS) is 14.7. The Morgan fingerprint density at radius 3 is 2.61 bits per heavy atom. The molecule has 0 atom stereocenters. The van der Waals surface area contributed by atoms with Gasteiger partial charge in [0.25, 0.3) is 0 Å². The molecule has 31 heavy (non-hydrogen) atoms. The molecule has 0 radical (unpaired) electrons. The van der Waals surface area contributed by atoms with Gasteiger partial charge in [-0.3, -0.25) is 4.99 Å². The zero-order valence-electron chi connectivity index (χ0n) is 18.5. The largest absolute Gasteiger partial charge is 0.493 e. The van der Waals surface area contributed by atoms with Gasteiger partial charge in [0.05, 0.1) is 30.8 Å². The number of hydrogen-bond acceptors (Lipinski definition) is 4. The molecule has 1 aliphatic rings. The molecule has 1 heterocycles. The van der Waals surface area contributed by atoms with Crippen LogP contribution in [0.1, 0.15) is 37.1 Å². The molecule has 0 saturated heterocycles. The second-order valence-electron chi connectivity index (χ2n) is 7.83. The predicted molar refractivity (Wildman–Crippen MR) is 124 cm³/mol. The van der Waals surface area contributed by atoms with Crippen LogP contribution in [0.15, 0.2) is 47.5 Å². The van der Waals surface area contributed by atoms with Crippen LogP contribution in [0.3, 0.4) is 0 Å². The summed E-state index contributed by atoms with van der Waals surface area (Å²) in [7, 11) is 5.49. The van der Waals surface area contributed by atoms with Crippen LogP contribution < -0.4 is 20.1 Å². The highest BCUT2D eigenvalue weighted by atomic mass is 16.5. The zero-order chi connectivity index (χ0) is 21.6. The summed E-state index contributed by atoms with van der Waals surface area (Å²) in [5.41, 5.74) is 3.17. The maximum Gasteiger partial charge on any atom is 0.191 e. The second-order valence-corrected chi connectivity index (χ2v) is 7.83. The van der Waals surface area contributed by atoms with E-state index in [0.29, 0.717) is 19.0 Å². The highest BCUT2D eigenvalue weighted by molar-refractivity contribution is 5.80. The molecule has 2 N–H and O–H groups in total. The Morgan fingerprint density at radius 1 is 1.10 bits per heavy atom. The van der Waals surface area contributed by atoms with Crippen molar-refractivity contribution in [2.45, 2.75) is 44.9 Å². The molecular formula is C24H31N5O2. The molecule has 0 spiro atoms. The molecule has 1 fully saturated rings. The third-order valence-corrected chi connectivity index (χ3v) is 5.83. The van der Waals surface area contributed by atoms with Crippen molar-refractivity contribution in [3.8, 4) is 11.5 Å². The van der Waals surface area contributed by atoms with E-state index in [9.17, 15) is 0 Å². The topological polar surface area (TPSA) is 72.7 Å². The number of aliphatic imine (C=N–C) groups is 1. The maximum absolute atomic E-state index is 6.33. The van der Waals surface area contributed by atoms with Crippen molar-refractivity contribution in [2.75, 3.05) is 14.2 Å². The number of guanidine groups is 1. The maximum atomic E-state index is 6.33. The number of para-hydroxylation sites is 3. The highest BCUT2D eigenvalue weighted by Gasteiger charge is 2.20. The summed E-state index contributed by atoms with van der Waals surface area (Å²) in [4.78, 5) is 9.07. The lowest BCUT2D eigenvalue weighted by Crippen LogP contribution is -2.37. The quantitative estimate of drug-likeness (QED) is 0.449. The van der Waals surface area contributed by atoms with E-state index < -0.39 is 0 Å².